The van der Waals surface area contributed by atoms with Gasteiger partial charge in [0, 0.05) is 47.5 Å². The van der Waals surface area contributed by atoms with Gasteiger partial charge < -0.3 is 15.7 Å². The summed E-state index contributed by atoms with van der Waals surface area (Å²) >= 11 is 12.4. The predicted molar refractivity (Wildman–Crippen MR) is 98.9 cm³/mol. The molecule has 0 aliphatic heterocycles. The lowest BCUT2D eigenvalue weighted by atomic mass is 10.0. The van der Waals surface area contributed by atoms with Crippen LogP contribution in [-0.4, -0.2) is 34.7 Å². The van der Waals surface area contributed by atoms with Gasteiger partial charge in [-0.3, -0.25) is 4.40 Å². The molecule has 126 valence electrons. The number of pyridine rings is 1. The van der Waals surface area contributed by atoms with Crippen LogP contribution in [0.2, 0.25) is 10.0 Å². The van der Waals surface area contributed by atoms with E-state index in [9.17, 15) is 0 Å². The van der Waals surface area contributed by atoms with Crippen molar-refractivity contribution in [2.75, 3.05) is 25.1 Å². The third-order valence-electron chi connectivity index (χ3n) is 3.98. The summed E-state index contributed by atoms with van der Waals surface area (Å²) in [6.07, 6.45) is 3.75. The fourth-order valence-corrected chi connectivity index (χ4v) is 3.23. The second-order valence-corrected chi connectivity index (χ2v) is 6.37. The highest BCUT2D eigenvalue weighted by Gasteiger charge is 2.14. The summed E-state index contributed by atoms with van der Waals surface area (Å²) in [4.78, 5) is 6.37. The molecule has 3 aromatic rings. The van der Waals surface area contributed by atoms with Crippen molar-refractivity contribution in [3.63, 3.8) is 0 Å². The lowest BCUT2D eigenvalue weighted by molar-refractivity contribution is 0.304. The van der Waals surface area contributed by atoms with Crippen molar-refractivity contribution in [1.82, 2.24) is 9.38 Å². The SMILES string of the molecule is CN(CCO)c1cnc2cc(CN)c(-c3ccc(Cl)cc3Cl)cn12. The number of hydrogen-bond donors (Lipinski definition) is 2. The molecule has 2 aromatic heterocycles. The predicted octanol–water partition coefficient (Wildman–Crippen LogP) is 3.20. The van der Waals surface area contributed by atoms with E-state index in [1.807, 2.05) is 34.7 Å². The Morgan fingerprint density at radius 2 is 2.04 bits per heavy atom. The number of fused-ring (bicyclic) bond motifs is 1. The molecule has 5 nitrogen and oxygen atoms in total. The Bertz CT molecular complexity index is 878. The van der Waals surface area contributed by atoms with Crippen molar-refractivity contribution in [3.05, 3.63) is 52.3 Å². The van der Waals surface area contributed by atoms with Crippen molar-refractivity contribution in [3.8, 4) is 11.1 Å². The zero-order valence-corrected chi connectivity index (χ0v) is 14.7. The summed E-state index contributed by atoms with van der Waals surface area (Å²) < 4.78 is 1.97. The molecule has 0 fully saturated rings. The van der Waals surface area contributed by atoms with Crippen molar-refractivity contribution >= 4 is 34.7 Å². The van der Waals surface area contributed by atoms with E-state index < -0.39 is 0 Å². The number of nitrogens with zero attached hydrogens (tertiary/aromatic N) is 3. The average Bonchev–Trinajstić information content (AvgIpc) is 2.97. The number of rotatable bonds is 5. The molecule has 3 N–H and O–H groups in total. The Morgan fingerprint density at radius 3 is 2.71 bits per heavy atom. The van der Waals surface area contributed by atoms with E-state index in [4.69, 9.17) is 34.0 Å². The molecule has 0 amide bonds. The van der Waals surface area contributed by atoms with Crippen LogP contribution in [0.4, 0.5) is 5.82 Å². The summed E-state index contributed by atoms with van der Waals surface area (Å²) in [7, 11) is 1.91. The maximum atomic E-state index is 9.17. The van der Waals surface area contributed by atoms with Crippen LogP contribution < -0.4 is 10.6 Å². The fourth-order valence-electron chi connectivity index (χ4n) is 2.72. The molecule has 0 spiro atoms. The summed E-state index contributed by atoms with van der Waals surface area (Å²) in [5.41, 5.74) is 9.47. The minimum atomic E-state index is 0.0699. The molecule has 0 unspecified atom stereocenters. The van der Waals surface area contributed by atoms with Gasteiger partial charge in [-0.05, 0) is 23.8 Å². The van der Waals surface area contributed by atoms with Crippen LogP contribution >= 0.6 is 23.2 Å². The van der Waals surface area contributed by atoms with E-state index >= 15 is 0 Å². The maximum absolute atomic E-state index is 9.17. The molecule has 0 saturated carbocycles. The zero-order valence-electron chi connectivity index (χ0n) is 13.2. The smallest absolute Gasteiger partial charge is 0.138 e. The van der Waals surface area contributed by atoms with E-state index in [0.29, 0.717) is 23.1 Å². The number of halogens is 2. The topological polar surface area (TPSA) is 66.8 Å². The first-order chi connectivity index (χ1) is 11.5. The highest BCUT2D eigenvalue weighted by molar-refractivity contribution is 6.36. The van der Waals surface area contributed by atoms with Gasteiger partial charge in [-0.25, -0.2) is 4.98 Å². The van der Waals surface area contributed by atoms with Crippen LogP contribution in [0.1, 0.15) is 5.56 Å². The molecule has 2 heterocycles. The van der Waals surface area contributed by atoms with Crippen LogP contribution in [0.5, 0.6) is 0 Å². The Hall–Kier alpha value is -1.79. The van der Waals surface area contributed by atoms with Gasteiger partial charge in [0.1, 0.15) is 11.5 Å². The lowest BCUT2D eigenvalue weighted by Gasteiger charge is -2.18. The standard InChI is InChI=1S/C17H18Cl2N4O/c1-22(4-5-24)17-9-21-16-6-11(8-20)14(10-23(16)17)13-3-2-12(18)7-15(13)19/h2-3,6-7,9-10,24H,4-5,8,20H2,1H3. The van der Waals surface area contributed by atoms with Crippen LogP contribution in [0, 0.1) is 0 Å². The number of aliphatic hydroxyl groups is 1. The third kappa shape index (κ3) is 3.08. The first kappa shape index (κ1) is 17.0. The normalized spacial score (nSPS) is 11.2. The number of nitrogens with two attached hydrogens (primary N) is 1. The first-order valence-corrected chi connectivity index (χ1v) is 8.28. The third-order valence-corrected chi connectivity index (χ3v) is 4.53. The molecular weight excluding hydrogens is 347 g/mol. The zero-order chi connectivity index (χ0) is 17.3. The van der Waals surface area contributed by atoms with E-state index in [1.54, 1.807) is 18.3 Å². The number of benzene rings is 1. The van der Waals surface area contributed by atoms with E-state index in [-0.39, 0.29) is 6.61 Å². The van der Waals surface area contributed by atoms with Gasteiger partial charge in [-0.1, -0.05) is 29.3 Å². The summed E-state index contributed by atoms with van der Waals surface area (Å²) in [6.45, 7) is 0.962. The van der Waals surface area contributed by atoms with E-state index in [2.05, 4.69) is 4.98 Å². The lowest BCUT2D eigenvalue weighted by Crippen LogP contribution is -2.22. The molecule has 0 bridgehead atoms. The molecular formula is C17H18Cl2N4O. The van der Waals surface area contributed by atoms with Gasteiger partial charge in [-0.2, -0.15) is 0 Å². The van der Waals surface area contributed by atoms with Gasteiger partial charge in [-0.15, -0.1) is 0 Å². The summed E-state index contributed by atoms with van der Waals surface area (Å²) in [5, 5.41) is 10.3. The Labute approximate surface area is 150 Å². The van der Waals surface area contributed by atoms with E-state index in [1.165, 1.54) is 0 Å². The molecule has 3 rings (SSSR count). The first-order valence-electron chi connectivity index (χ1n) is 7.52. The second-order valence-electron chi connectivity index (χ2n) is 5.53. The molecule has 0 radical (unpaired) electrons. The molecule has 1 aromatic carbocycles. The highest BCUT2D eigenvalue weighted by atomic mass is 35.5. The number of aliphatic hydroxyl groups excluding tert-OH is 1. The minimum absolute atomic E-state index is 0.0699. The van der Waals surface area contributed by atoms with E-state index in [0.717, 1.165) is 28.2 Å². The van der Waals surface area contributed by atoms with Gasteiger partial charge >= 0.3 is 0 Å². The quantitative estimate of drug-likeness (QED) is 0.729. The van der Waals surface area contributed by atoms with Crippen molar-refractivity contribution in [2.24, 2.45) is 5.73 Å². The molecule has 0 atom stereocenters. The average molecular weight is 365 g/mol. The number of aromatic nitrogens is 2. The van der Waals surface area contributed by atoms with Crippen molar-refractivity contribution in [1.29, 1.82) is 0 Å². The molecule has 7 heteroatoms. The largest absolute Gasteiger partial charge is 0.395 e. The number of likely N-dealkylation sites (N-methyl/N-ethyl adjacent to an activating group) is 1. The van der Waals surface area contributed by atoms with Crippen molar-refractivity contribution in [2.45, 2.75) is 6.54 Å². The van der Waals surface area contributed by atoms with Crippen molar-refractivity contribution < 1.29 is 5.11 Å². The Balaban J connectivity index is 2.20. The van der Waals surface area contributed by atoms with Gasteiger partial charge in [0.2, 0.25) is 0 Å². The fraction of sp³-hybridized carbons (Fsp3) is 0.235. The molecule has 0 aliphatic carbocycles. The molecule has 0 saturated heterocycles. The van der Waals surface area contributed by atoms with Gasteiger partial charge in [0.25, 0.3) is 0 Å². The Kier molecular flexibility index (Phi) is 4.96. The second kappa shape index (κ2) is 6.99. The molecule has 0 aliphatic rings. The number of anilines is 1. The minimum Gasteiger partial charge on any atom is -0.395 e. The monoisotopic (exact) mass is 364 g/mol. The van der Waals surface area contributed by atoms with Gasteiger partial charge in [0.15, 0.2) is 0 Å². The number of hydrogen-bond acceptors (Lipinski definition) is 4. The highest BCUT2D eigenvalue weighted by Crippen LogP contribution is 2.33. The van der Waals surface area contributed by atoms with Gasteiger partial charge in [0.05, 0.1) is 12.8 Å². The maximum Gasteiger partial charge on any atom is 0.138 e. The summed E-state index contributed by atoms with van der Waals surface area (Å²) in [6, 6.07) is 7.37. The summed E-state index contributed by atoms with van der Waals surface area (Å²) in [5.74, 6) is 0.883. The number of imidazole rings is 1. The van der Waals surface area contributed by atoms with Crippen LogP contribution in [-0.2, 0) is 6.54 Å². The van der Waals surface area contributed by atoms with Crippen LogP contribution in [0.25, 0.3) is 16.8 Å². The Morgan fingerprint density at radius 1 is 1.25 bits per heavy atom. The van der Waals surface area contributed by atoms with Crippen LogP contribution in [0.3, 0.4) is 0 Å². The van der Waals surface area contributed by atoms with Crippen LogP contribution in [0.15, 0.2) is 36.7 Å². The molecule has 24 heavy (non-hydrogen) atoms.